The van der Waals surface area contributed by atoms with Crippen LogP contribution in [0, 0.1) is 11.3 Å². The molecular weight excluding hydrogens is 279 g/mol. The van der Waals surface area contributed by atoms with Gasteiger partial charge in [0, 0.05) is 8.95 Å². The van der Waals surface area contributed by atoms with Gasteiger partial charge in [-0.3, -0.25) is 0 Å². The molecule has 2 N–H and O–H groups in total. The van der Waals surface area contributed by atoms with Gasteiger partial charge in [0.1, 0.15) is 6.07 Å². The van der Waals surface area contributed by atoms with Gasteiger partial charge in [0.15, 0.2) is 0 Å². The van der Waals surface area contributed by atoms with Gasteiger partial charge in [-0.05, 0) is 28.1 Å². The van der Waals surface area contributed by atoms with Gasteiger partial charge in [0.25, 0.3) is 0 Å². The summed E-state index contributed by atoms with van der Waals surface area (Å²) in [6.45, 7) is 0. The minimum Gasteiger partial charge on any atom is -0.397 e. The van der Waals surface area contributed by atoms with Crippen molar-refractivity contribution in [2.24, 2.45) is 0 Å². The minimum atomic E-state index is 0.478. The number of nitrogens with zero attached hydrogens (tertiary/aromatic N) is 1. The number of benzene rings is 1. The number of hydrogen-bond donors (Lipinski definition) is 1. The zero-order valence-electron chi connectivity index (χ0n) is 5.44. The van der Waals surface area contributed by atoms with E-state index in [4.69, 9.17) is 11.0 Å². The van der Waals surface area contributed by atoms with Crippen molar-refractivity contribution in [3.63, 3.8) is 0 Å². The fourth-order valence-corrected chi connectivity index (χ4v) is 1.90. The van der Waals surface area contributed by atoms with Crippen molar-refractivity contribution >= 4 is 37.5 Å². The molecule has 56 valence electrons. The second-order valence-electron chi connectivity index (χ2n) is 1.96. The lowest BCUT2D eigenvalue weighted by Crippen LogP contribution is -1.91. The molecule has 1 aromatic rings. The molecule has 1 aromatic carbocycles. The van der Waals surface area contributed by atoms with Crippen molar-refractivity contribution in [2.75, 3.05) is 5.73 Å². The van der Waals surface area contributed by atoms with E-state index in [9.17, 15) is 0 Å². The highest BCUT2D eigenvalue weighted by Gasteiger charge is 2.03. The molecule has 0 aliphatic rings. The Balaban J connectivity index is 3.39. The Morgan fingerprint density at radius 3 is 2.55 bits per heavy atom. The molecule has 0 heterocycles. The number of nitrogen functional groups attached to an aromatic ring is 1. The quantitative estimate of drug-likeness (QED) is 0.587. The van der Waals surface area contributed by atoms with Crippen LogP contribution >= 0.6 is 31.9 Å². The van der Waals surface area contributed by atoms with Crippen molar-refractivity contribution in [2.45, 2.75) is 0 Å². The largest absolute Gasteiger partial charge is 0.397 e. The van der Waals surface area contributed by atoms with Gasteiger partial charge in [0.05, 0.1) is 11.3 Å². The van der Waals surface area contributed by atoms with E-state index in [1.807, 2.05) is 6.07 Å². The predicted molar refractivity (Wildman–Crippen MR) is 51.0 cm³/mol. The van der Waals surface area contributed by atoms with Crippen LogP contribution < -0.4 is 5.73 Å². The molecule has 2 nitrogen and oxygen atoms in total. The summed E-state index contributed by atoms with van der Waals surface area (Å²) in [6.07, 6.45) is 0. The van der Waals surface area contributed by atoms with Crippen molar-refractivity contribution in [3.05, 3.63) is 26.6 Å². The SMILES string of the molecule is N#[13C][13c]1[13cH][13c](Br)[13cH][13c](Br)[13c]1N. The van der Waals surface area contributed by atoms with Crippen LogP contribution in [0.2, 0.25) is 0 Å². The molecule has 0 aromatic heterocycles. The van der Waals surface area contributed by atoms with Crippen LogP contribution in [0.5, 0.6) is 0 Å². The van der Waals surface area contributed by atoms with Crippen molar-refractivity contribution in [1.29, 1.82) is 5.26 Å². The van der Waals surface area contributed by atoms with Crippen LogP contribution in [0.25, 0.3) is 0 Å². The maximum absolute atomic E-state index is 8.60. The van der Waals surface area contributed by atoms with E-state index >= 15 is 0 Å². The highest BCUT2D eigenvalue weighted by molar-refractivity contribution is 9.11. The molecule has 1 rings (SSSR count). The van der Waals surface area contributed by atoms with Crippen LogP contribution in [0.4, 0.5) is 5.69 Å². The molecule has 4 heteroatoms. The van der Waals surface area contributed by atoms with Gasteiger partial charge >= 0.3 is 0 Å². The van der Waals surface area contributed by atoms with Crippen LogP contribution in [0.1, 0.15) is 5.56 Å². The average Bonchev–Trinajstić information content (AvgIpc) is 1.96. The Hall–Kier alpha value is -0.530. The molecule has 0 spiro atoms. The van der Waals surface area contributed by atoms with Crippen LogP contribution in [0.15, 0.2) is 21.1 Å². The lowest BCUT2D eigenvalue weighted by Gasteiger charge is -2.00. The second kappa shape index (κ2) is 3.24. The summed E-state index contributed by atoms with van der Waals surface area (Å²) in [5.74, 6) is 0. The minimum absolute atomic E-state index is 0.478. The predicted octanol–water partition coefficient (Wildman–Crippen LogP) is 2.67. The van der Waals surface area contributed by atoms with E-state index < -0.39 is 0 Å². The number of anilines is 1. The van der Waals surface area contributed by atoms with Gasteiger partial charge in [-0.2, -0.15) is 5.26 Å². The summed E-state index contributed by atoms with van der Waals surface area (Å²) in [6, 6.07) is 5.47. The van der Waals surface area contributed by atoms with E-state index in [2.05, 4.69) is 31.9 Å². The van der Waals surface area contributed by atoms with Crippen LogP contribution in [0.3, 0.4) is 0 Å². The van der Waals surface area contributed by atoms with Gasteiger partial charge in [0.2, 0.25) is 0 Å². The second-order valence-corrected chi connectivity index (χ2v) is 3.73. The molecule has 11 heavy (non-hydrogen) atoms. The fourth-order valence-electron chi connectivity index (χ4n) is 0.677. The molecule has 0 saturated heterocycles. The summed E-state index contributed by atoms with van der Waals surface area (Å²) in [4.78, 5) is 0. The summed E-state index contributed by atoms with van der Waals surface area (Å²) in [5.41, 5.74) is 6.53. The zero-order chi connectivity index (χ0) is 8.43. The molecule has 0 unspecified atom stereocenters. The monoisotopic (exact) mass is 281 g/mol. The number of nitrogens with two attached hydrogens (primary N) is 1. The van der Waals surface area contributed by atoms with Crippen molar-refractivity contribution in [3.8, 4) is 6.07 Å². The Kier molecular flexibility index (Phi) is 2.53. The third-order valence-corrected chi connectivity index (χ3v) is 2.33. The zero-order valence-corrected chi connectivity index (χ0v) is 8.61. The van der Waals surface area contributed by atoms with E-state index in [0.717, 1.165) is 8.95 Å². The van der Waals surface area contributed by atoms with E-state index in [0.29, 0.717) is 11.3 Å². The molecule has 0 aliphatic carbocycles. The lowest BCUT2D eigenvalue weighted by atomic mass is 11.2. The van der Waals surface area contributed by atoms with E-state index in [1.54, 1.807) is 12.1 Å². The highest BCUT2D eigenvalue weighted by atomic mass is 79.9. The first kappa shape index (κ1) is 8.57. The smallest absolute Gasteiger partial charge is 0.101 e. The molecule has 0 radical (unpaired) electrons. The van der Waals surface area contributed by atoms with Crippen molar-refractivity contribution in [1.82, 2.24) is 0 Å². The molecule has 0 aliphatic heterocycles. The van der Waals surface area contributed by atoms with Gasteiger partial charge in [-0.15, -0.1) is 0 Å². The highest BCUT2D eigenvalue weighted by Crippen LogP contribution is 2.27. The van der Waals surface area contributed by atoms with Crippen LogP contribution in [-0.2, 0) is 0 Å². The normalized spacial score (nSPS) is 9.18. The maximum atomic E-state index is 8.60. The summed E-state index contributed by atoms with van der Waals surface area (Å²) in [7, 11) is 0. The van der Waals surface area contributed by atoms with E-state index in [-0.39, 0.29) is 0 Å². The van der Waals surface area contributed by atoms with Gasteiger partial charge < -0.3 is 5.73 Å². The molecule has 0 amide bonds. The molecule has 0 fully saturated rings. The number of hydrogen-bond acceptors (Lipinski definition) is 2. The van der Waals surface area contributed by atoms with Gasteiger partial charge in [-0.1, -0.05) is 15.9 Å². The number of halogens is 2. The van der Waals surface area contributed by atoms with Crippen molar-refractivity contribution < 1.29 is 0 Å². The molecule has 0 atom stereocenters. The molecule has 0 saturated carbocycles. The Labute approximate surface area is 81.3 Å². The van der Waals surface area contributed by atoms with E-state index in [1.165, 1.54) is 0 Å². The summed E-state index contributed by atoms with van der Waals surface area (Å²) in [5, 5.41) is 8.60. The lowest BCUT2D eigenvalue weighted by molar-refractivity contribution is 1.46. The summed E-state index contributed by atoms with van der Waals surface area (Å²) >= 11 is 6.48. The Morgan fingerprint density at radius 2 is 2.00 bits per heavy atom. The van der Waals surface area contributed by atoms with Crippen LogP contribution in [-0.4, -0.2) is 0 Å². The Bertz CT molecular complexity index is 328. The first-order valence-corrected chi connectivity index (χ1v) is 4.38. The Morgan fingerprint density at radius 1 is 1.36 bits per heavy atom. The standard InChI is InChI=1S/C7H4Br2N2/c8-5-1-4(3-10)7(11)6(9)2-5/h1-2H,11H2/i1+1,2+1,3+1,4+1,5+1,6+1,7+1. The number of rotatable bonds is 0. The molecule has 0 bridgehead atoms. The maximum Gasteiger partial charge on any atom is 0.101 e. The first-order valence-electron chi connectivity index (χ1n) is 2.79. The average molecular weight is 283 g/mol. The third-order valence-electron chi connectivity index (χ3n) is 1.21. The third kappa shape index (κ3) is 1.73. The first-order chi connectivity index (χ1) is 5.15. The topological polar surface area (TPSA) is 49.8 Å². The fraction of sp³-hybridized carbons (Fsp3) is 0. The molecular formula is C7H4Br2N2. The van der Waals surface area contributed by atoms with Gasteiger partial charge in [-0.25, -0.2) is 0 Å². The number of nitriles is 1. The summed E-state index contributed by atoms with van der Waals surface area (Å²) < 4.78 is 1.58.